The Morgan fingerprint density at radius 3 is 2.61 bits per heavy atom. The highest BCUT2D eigenvalue weighted by molar-refractivity contribution is 7.98. The molecule has 4 rings (SSSR count). The molecule has 0 fully saturated rings. The van der Waals surface area contributed by atoms with Crippen molar-refractivity contribution in [2.45, 2.75) is 11.8 Å². The zero-order valence-electron chi connectivity index (χ0n) is 18.2. The zero-order valence-corrected chi connectivity index (χ0v) is 20.6. The molecule has 0 unspecified atom stereocenters. The largest absolute Gasteiger partial charge is 0.496 e. The van der Waals surface area contributed by atoms with E-state index in [2.05, 4.69) is 5.32 Å². The van der Waals surface area contributed by atoms with Gasteiger partial charge in [0.15, 0.2) is 0 Å². The van der Waals surface area contributed by atoms with Crippen molar-refractivity contribution in [3.8, 4) is 16.9 Å². The number of furan rings is 1. The van der Waals surface area contributed by atoms with Gasteiger partial charge in [0.2, 0.25) is 5.91 Å². The van der Waals surface area contributed by atoms with Crippen LogP contribution in [0, 0.1) is 0 Å². The first-order chi connectivity index (χ1) is 15.9. The number of thioether (sulfide) groups is 1. The summed E-state index contributed by atoms with van der Waals surface area (Å²) >= 11 is 14.1. The topological polar surface area (TPSA) is 51.5 Å². The van der Waals surface area contributed by atoms with Gasteiger partial charge in [-0.3, -0.25) is 4.79 Å². The number of allylic oxidation sites excluding steroid dienone is 1. The van der Waals surface area contributed by atoms with Crippen molar-refractivity contribution in [1.82, 2.24) is 0 Å². The second-order valence-electron chi connectivity index (χ2n) is 7.34. The third-order valence-corrected chi connectivity index (χ3v) is 6.60. The van der Waals surface area contributed by atoms with Gasteiger partial charge in [-0.25, -0.2) is 0 Å². The van der Waals surface area contributed by atoms with Crippen LogP contribution >= 0.6 is 35.0 Å². The molecule has 1 N–H and O–H groups in total. The lowest BCUT2D eigenvalue weighted by Crippen LogP contribution is -2.09. The Morgan fingerprint density at radius 2 is 1.88 bits per heavy atom. The zero-order chi connectivity index (χ0) is 23.5. The molecule has 0 aliphatic carbocycles. The van der Waals surface area contributed by atoms with Crippen LogP contribution in [0.4, 0.5) is 5.69 Å². The molecule has 1 aromatic heterocycles. The third kappa shape index (κ3) is 4.91. The number of carbonyl (C=O) groups excluding carboxylic acids is 1. The Morgan fingerprint density at radius 1 is 1.09 bits per heavy atom. The van der Waals surface area contributed by atoms with Gasteiger partial charge in [-0.05, 0) is 49.1 Å². The lowest BCUT2D eigenvalue weighted by atomic mass is 9.99. The van der Waals surface area contributed by atoms with Gasteiger partial charge in [0.05, 0.1) is 24.1 Å². The molecule has 0 atom stereocenters. The molecule has 0 saturated heterocycles. The molecule has 4 nitrogen and oxygen atoms in total. The summed E-state index contributed by atoms with van der Waals surface area (Å²) in [6, 6.07) is 16.8. The molecule has 0 spiro atoms. The molecule has 0 bridgehead atoms. The van der Waals surface area contributed by atoms with Crippen LogP contribution in [0.15, 0.2) is 76.2 Å². The average Bonchev–Trinajstić information content (AvgIpc) is 3.21. The van der Waals surface area contributed by atoms with Crippen molar-refractivity contribution in [3.05, 3.63) is 82.5 Å². The lowest BCUT2D eigenvalue weighted by molar-refractivity contribution is -0.111. The average molecular weight is 498 g/mol. The molecule has 3 aromatic carbocycles. The maximum Gasteiger partial charge on any atom is 0.248 e. The second-order valence-corrected chi connectivity index (χ2v) is 9.03. The number of anilines is 1. The number of methoxy groups -OCH3 is 1. The van der Waals surface area contributed by atoms with Gasteiger partial charge >= 0.3 is 0 Å². The Bertz CT molecular complexity index is 1380. The van der Waals surface area contributed by atoms with E-state index in [4.69, 9.17) is 32.4 Å². The molecule has 0 aliphatic rings. The minimum absolute atomic E-state index is 0.218. The number of para-hydroxylation sites is 1. The van der Waals surface area contributed by atoms with Crippen LogP contribution < -0.4 is 10.1 Å². The highest BCUT2D eigenvalue weighted by Crippen LogP contribution is 2.40. The highest BCUT2D eigenvalue weighted by Gasteiger charge is 2.17. The van der Waals surface area contributed by atoms with Crippen molar-refractivity contribution in [2.75, 3.05) is 18.7 Å². The van der Waals surface area contributed by atoms with E-state index < -0.39 is 0 Å². The van der Waals surface area contributed by atoms with Gasteiger partial charge in [0, 0.05) is 44.1 Å². The van der Waals surface area contributed by atoms with E-state index in [0.717, 1.165) is 38.2 Å². The van der Waals surface area contributed by atoms with Gasteiger partial charge in [0.1, 0.15) is 11.3 Å². The van der Waals surface area contributed by atoms with Crippen molar-refractivity contribution in [2.24, 2.45) is 0 Å². The second kappa shape index (κ2) is 9.96. The van der Waals surface area contributed by atoms with E-state index in [0.29, 0.717) is 21.4 Å². The maximum atomic E-state index is 12.8. The Labute approximate surface area is 206 Å². The summed E-state index contributed by atoms with van der Waals surface area (Å²) in [5, 5.41) is 4.90. The standard InChI is InChI=1S/C26H21Cl2NO3S/c1-15(10-26(30)29-22-6-4-5-7-25(22)33-3)18-12-19-20(14-32-24(19)13-23(18)31-2)17-9-8-16(27)11-21(17)28/h4-14H,1-3H3,(H,29,30)/b15-10+. The fourth-order valence-corrected chi connectivity index (χ4v) is 4.70. The third-order valence-electron chi connectivity index (χ3n) is 5.25. The number of ether oxygens (including phenoxy) is 1. The maximum absolute atomic E-state index is 12.8. The fourth-order valence-electron chi connectivity index (χ4n) is 3.64. The minimum Gasteiger partial charge on any atom is -0.496 e. The number of rotatable bonds is 6. The predicted octanol–water partition coefficient (Wildman–Crippen LogP) is 8.18. The summed E-state index contributed by atoms with van der Waals surface area (Å²) in [4.78, 5) is 13.8. The smallest absolute Gasteiger partial charge is 0.248 e. The van der Waals surface area contributed by atoms with Gasteiger partial charge in [-0.1, -0.05) is 41.4 Å². The first kappa shape index (κ1) is 23.3. The van der Waals surface area contributed by atoms with E-state index >= 15 is 0 Å². The van der Waals surface area contributed by atoms with E-state index in [-0.39, 0.29) is 5.91 Å². The first-order valence-corrected chi connectivity index (χ1v) is 12.1. The van der Waals surface area contributed by atoms with Gasteiger partial charge in [-0.2, -0.15) is 0 Å². The summed E-state index contributed by atoms with van der Waals surface area (Å²) in [6.07, 6.45) is 5.20. The first-order valence-electron chi connectivity index (χ1n) is 10.1. The Kier molecular flexibility index (Phi) is 7.03. The van der Waals surface area contributed by atoms with E-state index in [1.54, 1.807) is 43.3 Å². The summed E-state index contributed by atoms with van der Waals surface area (Å²) in [5.74, 6) is 0.390. The molecule has 168 valence electrons. The number of hydrogen-bond acceptors (Lipinski definition) is 4. The highest BCUT2D eigenvalue weighted by atomic mass is 35.5. The Balaban J connectivity index is 1.73. The number of fused-ring (bicyclic) bond motifs is 1. The van der Waals surface area contributed by atoms with Crippen LogP contribution in [-0.2, 0) is 4.79 Å². The van der Waals surface area contributed by atoms with Crippen LogP contribution in [-0.4, -0.2) is 19.3 Å². The normalized spacial score (nSPS) is 11.6. The van der Waals surface area contributed by atoms with E-state index in [9.17, 15) is 4.79 Å². The molecule has 1 amide bonds. The summed E-state index contributed by atoms with van der Waals surface area (Å²) in [7, 11) is 1.59. The Hall–Kier alpha value is -2.86. The van der Waals surface area contributed by atoms with Crippen molar-refractivity contribution < 1.29 is 13.9 Å². The summed E-state index contributed by atoms with van der Waals surface area (Å²) < 4.78 is 11.4. The lowest BCUT2D eigenvalue weighted by Gasteiger charge is -2.11. The van der Waals surface area contributed by atoms with Crippen molar-refractivity contribution >= 4 is 63.1 Å². The number of nitrogens with one attached hydrogen (secondary N) is 1. The number of halogens is 2. The van der Waals surface area contributed by atoms with E-state index in [1.165, 1.54) is 0 Å². The molecule has 1 heterocycles. The molecule has 0 radical (unpaired) electrons. The van der Waals surface area contributed by atoms with Gasteiger partial charge in [-0.15, -0.1) is 11.8 Å². The molecule has 7 heteroatoms. The van der Waals surface area contributed by atoms with Crippen molar-refractivity contribution in [3.63, 3.8) is 0 Å². The van der Waals surface area contributed by atoms with Crippen molar-refractivity contribution in [1.29, 1.82) is 0 Å². The van der Waals surface area contributed by atoms with Crippen LogP contribution in [0.1, 0.15) is 12.5 Å². The minimum atomic E-state index is -0.218. The van der Waals surface area contributed by atoms with Crippen LogP contribution in [0.2, 0.25) is 10.0 Å². The number of amides is 1. The van der Waals surface area contributed by atoms with Gasteiger partial charge in [0.25, 0.3) is 0 Å². The SMILES string of the molecule is COc1cc2occ(-c3ccc(Cl)cc3Cl)c2cc1/C(C)=C/C(=O)Nc1ccccc1SC. The molecule has 0 aliphatic heterocycles. The fraction of sp³-hybridized carbons (Fsp3) is 0.115. The summed E-state index contributed by atoms with van der Waals surface area (Å²) in [5.41, 5.74) is 4.61. The van der Waals surface area contributed by atoms with Crippen LogP contribution in [0.3, 0.4) is 0 Å². The molecule has 4 aromatic rings. The molecule has 0 saturated carbocycles. The number of carbonyl (C=O) groups is 1. The number of benzene rings is 3. The van der Waals surface area contributed by atoms with E-state index in [1.807, 2.05) is 55.6 Å². The molecular formula is C26H21Cl2NO3S. The van der Waals surface area contributed by atoms with Crippen LogP contribution in [0.5, 0.6) is 5.75 Å². The molecular weight excluding hydrogens is 477 g/mol. The molecule has 33 heavy (non-hydrogen) atoms. The number of hydrogen-bond donors (Lipinski definition) is 1. The quantitative estimate of drug-likeness (QED) is 0.215. The van der Waals surface area contributed by atoms with Gasteiger partial charge < -0.3 is 14.5 Å². The predicted molar refractivity (Wildman–Crippen MR) is 139 cm³/mol. The summed E-state index contributed by atoms with van der Waals surface area (Å²) in [6.45, 7) is 1.87. The monoisotopic (exact) mass is 497 g/mol. The van der Waals surface area contributed by atoms with Crippen LogP contribution in [0.25, 0.3) is 27.7 Å².